The summed E-state index contributed by atoms with van der Waals surface area (Å²) < 4.78 is 0. The highest BCUT2D eigenvalue weighted by Gasteiger charge is 2.23. The molecule has 0 aliphatic heterocycles. The van der Waals surface area contributed by atoms with E-state index in [-0.39, 0.29) is 10.8 Å². The van der Waals surface area contributed by atoms with Gasteiger partial charge in [0.05, 0.1) is 0 Å². The second kappa shape index (κ2) is 7.50. The molecule has 0 spiro atoms. The predicted molar refractivity (Wildman–Crippen MR) is 128 cm³/mol. The van der Waals surface area contributed by atoms with Crippen LogP contribution in [0.5, 0.6) is 11.5 Å². The molecule has 0 heterocycles. The van der Waals surface area contributed by atoms with Crippen molar-refractivity contribution in [2.75, 3.05) is 0 Å². The second-order valence-corrected chi connectivity index (χ2v) is 10.4. The van der Waals surface area contributed by atoms with Crippen LogP contribution in [0.2, 0.25) is 0 Å². The van der Waals surface area contributed by atoms with Crippen molar-refractivity contribution in [1.82, 2.24) is 0 Å². The zero-order valence-electron chi connectivity index (χ0n) is 19.5. The SMILES string of the molecule is Cc1cc(-c2ccccc2-c2cc(C)c(O)c(C(C)(C)C)c2)cc(C(C)(C)C)c1O. The summed E-state index contributed by atoms with van der Waals surface area (Å²) in [6, 6.07) is 16.7. The summed E-state index contributed by atoms with van der Waals surface area (Å²) in [4.78, 5) is 0. The summed E-state index contributed by atoms with van der Waals surface area (Å²) in [7, 11) is 0. The van der Waals surface area contributed by atoms with E-state index in [0.29, 0.717) is 11.5 Å². The third-order valence-electron chi connectivity index (χ3n) is 5.77. The third-order valence-corrected chi connectivity index (χ3v) is 5.77. The first-order valence-corrected chi connectivity index (χ1v) is 10.6. The molecule has 3 rings (SSSR count). The van der Waals surface area contributed by atoms with Crippen molar-refractivity contribution in [2.45, 2.75) is 66.2 Å². The molecule has 0 aliphatic rings. The van der Waals surface area contributed by atoms with Crippen LogP contribution in [0.15, 0.2) is 48.5 Å². The molecule has 0 amide bonds. The van der Waals surface area contributed by atoms with Crippen LogP contribution in [0, 0.1) is 13.8 Å². The lowest BCUT2D eigenvalue weighted by atomic mass is 9.81. The summed E-state index contributed by atoms with van der Waals surface area (Å²) in [5, 5.41) is 21.3. The third kappa shape index (κ3) is 4.09. The van der Waals surface area contributed by atoms with Crippen molar-refractivity contribution in [2.24, 2.45) is 0 Å². The average Bonchev–Trinajstić information content (AvgIpc) is 2.64. The van der Waals surface area contributed by atoms with Gasteiger partial charge in [-0.15, -0.1) is 0 Å². The van der Waals surface area contributed by atoms with Crippen molar-refractivity contribution >= 4 is 0 Å². The summed E-state index contributed by atoms with van der Waals surface area (Å²) in [6.45, 7) is 16.6. The Morgan fingerprint density at radius 2 is 0.900 bits per heavy atom. The van der Waals surface area contributed by atoms with Crippen LogP contribution >= 0.6 is 0 Å². The Balaban J connectivity index is 2.28. The molecule has 2 N–H and O–H groups in total. The zero-order valence-corrected chi connectivity index (χ0v) is 19.5. The molecule has 158 valence electrons. The van der Waals surface area contributed by atoms with Crippen molar-refractivity contribution in [1.29, 1.82) is 0 Å². The molecule has 30 heavy (non-hydrogen) atoms. The van der Waals surface area contributed by atoms with Crippen LogP contribution in [-0.2, 0) is 10.8 Å². The molecule has 3 aromatic rings. The molecule has 0 unspecified atom stereocenters. The van der Waals surface area contributed by atoms with E-state index in [1.165, 1.54) is 0 Å². The number of phenols is 2. The monoisotopic (exact) mass is 402 g/mol. The average molecular weight is 403 g/mol. The van der Waals surface area contributed by atoms with E-state index in [1.807, 2.05) is 13.8 Å². The molecule has 0 aliphatic carbocycles. The van der Waals surface area contributed by atoms with Gasteiger partial charge in [-0.05, 0) is 82.3 Å². The van der Waals surface area contributed by atoms with E-state index < -0.39 is 0 Å². The van der Waals surface area contributed by atoms with E-state index >= 15 is 0 Å². The standard InChI is InChI=1S/C28H34O2/c1-17-13-19(15-23(25(17)29)27(3,4)5)21-11-9-10-12-22(21)20-14-18(2)26(30)24(16-20)28(6,7)8/h9-16,29-30H,1-8H3. The van der Waals surface area contributed by atoms with E-state index in [0.717, 1.165) is 44.5 Å². The smallest absolute Gasteiger partial charge is 0.122 e. The molecule has 0 saturated heterocycles. The first kappa shape index (κ1) is 22.0. The molecule has 0 aromatic heterocycles. The fourth-order valence-electron chi connectivity index (χ4n) is 4.00. The van der Waals surface area contributed by atoms with Crippen molar-refractivity contribution in [3.8, 4) is 33.8 Å². The topological polar surface area (TPSA) is 40.5 Å². The number of hydrogen-bond donors (Lipinski definition) is 2. The zero-order chi connectivity index (χ0) is 22.4. The Hall–Kier alpha value is -2.74. The molecule has 0 bridgehead atoms. The summed E-state index contributed by atoms with van der Waals surface area (Å²) in [6.07, 6.45) is 0. The molecule has 3 aromatic carbocycles. The molecule has 2 nitrogen and oxygen atoms in total. The lowest BCUT2D eigenvalue weighted by Crippen LogP contribution is -2.12. The molecule has 0 fully saturated rings. The predicted octanol–water partition coefficient (Wildman–Crippen LogP) is 7.64. The largest absolute Gasteiger partial charge is 0.507 e. The maximum absolute atomic E-state index is 10.7. The highest BCUT2D eigenvalue weighted by molar-refractivity contribution is 5.85. The van der Waals surface area contributed by atoms with Gasteiger partial charge in [-0.2, -0.15) is 0 Å². The lowest BCUT2D eigenvalue weighted by Gasteiger charge is -2.24. The quantitative estimate of drug-likeness (QED) is 0.462. The number of phenolic OH excluding ortho intramolecular Hbond substituents is 2. The minimum absolute atomic E-state index is 0.158. The minimum Gasteiger partial charge on any atom is -0.507 e. The normalized spacial score (nSPS) is 12.3. The summed E-state index contributed by atoms with van der Waals surface area (Å²) in [5.41, 5.74) is 7.76. The first-order chi connectivity index (χ1) is 13.8. The molecule has 0 radical (unpaired) electrons. The number of aromatic hydroxyl groups is 2. The first-order valence-electron chi connectivity index (χ1n) is 10.6. The maximum Gasteiger partial charge on any atom is 0.122 e. The Kier molecular flexibility index (Phi) is 5.49. The molecule has 0 saturated carbocycles. The lowest BCUT2D eigenvalue weighted by molar-refractivity contribution is 0.442. The van der Waals surface area contributed by atoms with Crippen LogP contribution in [0.4, 0.5) is 0 Å². The maximum atomic E-state index is 10.7. The van der Waals surface area contributed by atoms with Crippen molar-refractivity contribution in [3.05, 3.63) is 70.8 Å². The molecular formula is C28H34O2. The van der Waals surface area contributed by atoms with Gasteiger partial charge in [0.25, 0.3) is 0 Å². The van der Waals surface area contributed by atoms with Crippen LogP contribution < -0.4 is 0 Å². The van der Waals surface area contributed by atoms with Gasteiger partial charge in [0.2, 0.25) is 0 Å². The summed E-state index contributed by atoms with van der Waals surface area (Å²) in [5.74, 6) is 0.749. The number of rotatable bonds is 2. The van der Waals surface area contributed by atoms with E-state index in [9.17, 15) is 10.2 Å². The van der Waals surface area contributed by atoms with Crippen LogP contribution in [0.25, 0.3) is 22.3 Å². The van der Waals surface area contributed by atoms with E-state index in [1.54, 1.807) is 0 Å². The van der Waals surface area contributed by atoms with Crippen LogP contribution in [0.3, 0.4) is 0 Å². The highest BCUT2D eigenvalue weighted by atomic mass is 16.3. The van der Waals surface area contributed by atoms with Gasteiger partial charge in [0, 0.05) is 11.1 Å². The highest BCUT2D eigenvalue weighted by Crippen LogP contribution is 2.42. The van der Waals surface area contributed by atoms with Crippen LogP contribution in [-0.4, -0.2) is 10.2 Å². The molecule has 2 heteroatoms. The van der Waals surface area contributed by atoms with Gasteiger partial charge in [-0.1, -0.05) is 65.8 Å². The fraction of sp³-hybridized carbons (Fsp3) is 0.357. The van der Waals surface area contributed by atoms with Gasteiger partial charge >= 0.3 is 0 Å². The minimum atomic E-state index is -0.158. The molecular weight excluding hydrogens is 368 g/mol. The van der Waals surface area contributed by atoms with Gasteiger partial charge in [0.15, 0.2) is 0 Å². The van der Waals surface area contributed by atoms with Gasteiger partial charge in [-0.25, -0.2) is 0 Å². The van der Waals surface area contributed by atoms with Crippen molar-refractivity contribution < 1.29 is 10.2 Å². The number of benzene rings is 3. The second-order valence-electron chi connectivity index (χ2n) is 10.4. The number of hydrogen-bond acceptors (Lipinski definition) is 2. The Bertz CT molecular complexity index is 1000. The molecule has 0 atom stereocenters. The Labute approximate surface area is 181 Å². The number of aryl methyl sites for hydroxylation is 2. The van der Waals surface area contributed by atoms with Crippen molar-refractivity contribution in [3.63, 3.8) is 0 Å². The fourth-order valence-corrected chi connectivity index (χ4v) is 4.00. The van der Waals surface area contributed by atoms with Gasteiger partial charge in [-0.3, -0.25) is 0 Å². The Morgan fingerprint density at radius 3 is 1.20 bits per heavy atom. The Morgan fingerprint density at radius 1 is 0.567 bits per heavy atom. The summed E-state index contributed by atoms with van der Waals surface area (Å²) >= 11 is 0. The van der Waals surface area contributed by atoms with Crippen LogP contribution in [0.1, 0.15) is 63.8 Å². The van der Waals surface area contributed by atoms with Gasteiger partial charge < -0.3 is 10.2 Å². The van der Waals surface area contributed by atoms with E-state index in [2.05, 4.69) is 90.1 Å². The van der Waals surface area contributed by atoms with E-state index in [4.69, 9.17) is 0 Å². The van der Waals surface area contributed by atoms with Gasteiger partial charge in [0.1, 0.15) is 11.5 Å².